The summed E-state index contributed by atoms with van der Waals surface area (Å²) in [4.78, 5) is 22.6. The molecule has 0 bridgehead atoms. The Kier molecular flexibility index (Phi) is 4.56. The van der Waals surface area contributed by atoms with Crippen molar-refractivity contribution in [2.45, 2.75) is 52.2 Å². The molecule has 0 fully saturated rings. The van der Waals surface area contributed by atoms with Gasteiger partial charge in [0, 0.05) is 29.2 Å². The molecule has 3 aliphatic heterocycles. The third kappa shape index (κ3) is 2.84. The highest BCUT2D eigenvalue weighted by Gasteiger charge is 2.31. The lowest BCUT2D eigenvalue weighted by atomic mass is 10.2. The SMILES string of the molecule is CCCCn1c2nc(-c3ccc(Br)cc3)nc-2c2n(c1=O)CC(CC)N2. The van der Waals surface area contributed by atoms with Crippen molar-refractivity contribution in [3.05, 3.63) is 39.2 Å². The van der Waals surface area contributed by atoms with Crippen molar-refractivity contribution in [2.24, 2.45) is 0 Å². The first kappa shape index (κ1) is 17.3. The molecule has 136 valence electrons. The summed E-state index contributed by atoms with van der Waals surface area (Å²) in [6.45, 7) is 5.61. The normalized spacial score (nSPS) is 16.0. The minimum absolute atomic E-state index is 0.00616. The van der Waals surface area contributed by atoms with Gasteiger partial charge in [-0.3, -0.25) is 9.13 Å². The van der Waals surface area contributed by atoms with E-state index in [9.17, 15) is 4.79 Å². The van der Waals surface area contributed by atoms with Gasteiger partial charge >= 0.3 is 5.69 Å². The van der Waals surface area contributed by atoms with Gasteiger partial charge in [-0.15, -0.1) is 0 Å². The quantitative estimate of drug-likeness (QED) is 0.684. The Bertz CT molecular complexity index is 959. The lowest BCUT2D eigenvalue weighted by Crippen LogP contribution is -2.32. The molecule has 3 aliphatic rings. The van der Waals surface area contributed by atoms with Gasteiger partial charge in [0.1, 0.15) is 11.5 Å². The first-order chi connectivity index (χ1) is 12.6. The van der Waals surface area contributed by atoms with Gasteiger partial charge in [0.15, 0.2) is 11.6 Å². The second kappa shape index (κ2) is 6.87. The average Bonchev–Trinajstić information content (AvgIpc) is 3.26. The van der Waals surface area contributed by atoms with Crippen molar-refractivity contribution >= 4 is 21.7 Å². The number of rotatable bonds is 5. The second-order valence-electron chi connectivity index (χ2n) is 6.72. The largest absolute Gasteiger partial charge is 0.365 e. The van der Waals surface area contributed by atoms with Crippen LogP contribution >= 0.6 is 15.9 Å². The van der Waals surface area contributed by atoms with Crippen molar-refractivity contribution < 1.29 is 0 Å². The zero-order valence-corrected chi connectivity index (χ0v) is 16.6. The molecule has 7 heteroatoms. The van der Waals surface area contributed by atoms with Crippen molar-refractivity contribution in [2.75, 3.05) is 5.32 Å². The summed E-state index contributed by atoms with van der Waals surface area (Å²) in [6, 6.07) is 8.20. The molecular formula is C19H22BrN5O. The van der Waals surface area contributed by atoms with E-state index in [0.717, 1.165) is 40.8 Å². The lowest BCUT2D eigenvalue weighted by Gasteiger charge is -2.14. The molecule has 1 N–H and O–H groups in total. The number of nitrogens with zero attached hydrogens (tertiary/aromatic N) is 4. The van der Waals surface area contributed by atoms with Crippen molar-refractivity contribution in [1.82, 2.24) is 19.1 Å². The topological polar surface area (TPSA) is 64.7 Å². The maximum absolute atomic E-state index is 13.0. The minimum Gasteiger partial charge on any atom is -0.365 e. The van der Waals surface area contributed by atoms with Crippen molar-refractivity contribution in [3.8, 4) is 22.9 Å². The molecule has 0 radical (unpaired) electrons. The fourth-order valence-corrected chi connectivity index (χ4v) is 3.66. The molecule has 4 rings (SSSR count). The Hall–Kier alpha value is -2.15. The summed E-state index contributed by atoms with van der Waals surface area (Å²) in [5.74, 6) is 2.14. The van der Waals surface area contributed by atoms with Crippen molar-refractivity contribution in [3.63, 3.8) is 0 Å². The fraction of sp³-hybridized carbons (Fsp3) is 0.421. The van der Waals surface area contributed by atoms with Gasteiger partial charge in [0.2, 0.25) is 0 Å². The van der Waals surface area contributed by atoms with Crippen LogP contribution in [0.3, 0.4) is 0 Å². The predicted octanol–water partition coefficient (Wildman–Crippen LogP) is 3.98. The van der Waals surface area contributed by atoms with Gasteiger partial charge in [0.05, 0.1) is 0 Å². The van der Waals surface area contributed by atoms with Gasteiger partial charge in [0.25, 0.3) is 0 Å². The maximum Gasteiger partial charge on any atom is 0.331 e. The van der Waals surface area contributed by atoms with Gasteiger partial charge in [-0.25, -0.2) is 14.8 Å². The molecule has 6 nitrogen and oxygen atoms in total. The number of unbranched alkanes of at least 4 members (excludes halogenated alkanes) is 1. The first-order valence-corrected chi connectivity index (χ1v) is 9.95. The molecule has 1 aromatic carbocycles. The molecule has 0 saturated heterocycles. The zero-order valence-electron chi connectivity index (χ0n) is 15.0. The minimum atomic E-state index is 0.00616. The Morgan fingerprint density at radius 3 is 2.69 bits per heavy atom. The van der Waals surface area contributed by atoms with E-state index in [1.54, 1.807) is 4.57 Å². The van der Waals surface area contributed by atoms with E-state index in [1.807, 2.05) is 28.8 Å². The van der Waals surface area contributed by atoms with Crippen LogP contribution < -0.4 is 11.0 Å². The number of benzene rings is 1. The number of hydrogen-bond donors (Lipinski definition) is 1. The number of fused-ring (bicyclic) bond motifs is 3. The van der Waals surface area contributed by atoms with E-state index in [4.69, 9.17) is 9.97 Å². The average molecular weight is 416 g/mol. The molecule has 1 atom stereocenters. The third-order valence-corrected chi connectivity index (χ3v) is 5.46. The van der Waals surface area contributed by atoms with Crippen LogP contribution in [-0.2, 0) is 13.1 Å². The van der Waals surface area contributed by atoms with E-state index < -0.39 is 0 Å². The van der Waals surface area contributed by atoms with Crippen LogP contribution in [0.2, 0.25) is 0 Å². The summed E-state index contributed by atoms with van der Waals surface area (Å²) in [7, 11) is 0. The summed E-state index contributed by atoms with van der Waals surface area (Å²) >= 11 is 3.46. The summed E-state index contributed by atoms with van der Waals surface area (Å²) in [5, 5.41) is 3.46. The van der Waals surface area contributed by atoms with Gasteiger partial charge in [-0.1, -0.05) is 48.3 Å². The first-order valence-electron chi connectivity index (χ1n) is 9.16. The van der Waals surface area contributed by atoms with Crippen LogP contribution in [0.15, 0.2) is 33.5 Å². The molecule has 26 heavy (non-hydrogen) atoms. The number of anilines is 1. The maximum atomic E-state index is 13.0. The molecule has 0 amide bonds. The summed E-state index contributed by atoms with van der Waals surface area (Å²) in [5.41, 5.74) is 1.74. The van der Waals surface area contributed by atoms with E-state index in [0.29, 0.717) is 24.7 Å². The van der Waals surface area contributed by atoms with Crippen LogP contribution in [0.5, 0.6) is 0 Å². The Morgan fingerprint density at radius 1 is 1.23 bits per heavy atom. The highest BCUT2D eigenvalue weighted by molar-refractivity contribution is 9.10. The van der Waals surface area contributed by atoms with Gasteiger partial charge < -0.3 is 5.32 Å². The van der Waals surface area contributed by atoms with Crippen LogP contribution in [0.1, 0.15) is 33.1 Å². The molecule has 0 aromatic heterocycles. The number of imidazole rings is 1. The number of hydrogen-bond acceptors (Lipinski definition) is 4. The highest BCUT2D eigenvalue weighted by Crippen LogP contribution is 2.33. The summed E-state index contributed by atoms with van der Waals surface area (Å²) < 4.78 is 4.63. The van der Waals surface area contributed by atoms with Crippen LogP contribution in [-0.4, -0.2) is 25.1 Å². The van der Waals surface area contributed by atoms with Crippen LogP contribution in [0, 0.1) is 0 Å². The molecule has 1 aromatic rings. The van der Waals surface area contributed by atoms with E-state index >= 15 is 0 Å². The predicted molar refractivity (Wildman–Crippen MR) is 107 cm³/mol. The van der Waals surface area contributed by atoms with Crippen LogP contribution in [0.4, 0.5) is 5.82 Å². The standard InChI is InChI=1S/C19H22BrN5O/c1-3-5-10-24-18-15(17-21-14(4-2)11-25(17)19(24)26)22-16(23-18)12-6-8-13(20)9-7-12/h6-9,14,21H,3-5,10-11H2,1-2H3. The number of aromatic nitrogens is 4. The molecule has 3 heterocycles. The van der Waals surface area contributed by atoms with Gasteiger partial charge in [-0.05, 0) is 25.0 Å². The smallest absolute Gasteiger partial charge is 0.331 e. The van der Waals surface area contributed by atoms with E-state index in [2.05, 4.69) is 35.1 Å². The van der Waals surface area contributed by atoms with E-state index in [1.165, 1.54) is 0 Å². The molecule has 0 aliphatic carbocycles. The van der Waals surface area contributed by atoms with Crippen molar-refractivity contribution in [1.29, 1.82) is 0 Å². The lowest BCUT2D eigenvalue weighted by molar-refractivity contribution is 0.544. The zero-order chi connectivity index (χ0) is 18.3. The molecule has 0 saturated carbocycles. The monoisotopic (exact) mass is 415 g/mol. The van der Waals surface area contributed by atoms with Crippen LogP contribution in [0.25, 0.3) is 22.9 Å². The van der Waals surface area contributed by atoms with Gasteiger partial charge in [-0.2, -0.15) is 0 Å². The number of halogens is 1. The Balaban J connectivity index is 1.90. The Morgan fingerprint density at radius 2 is 2.00 bits per heavy atom. The second-order valence-corrected chi connectivity index (χ2v) is 7.64. The summed E-state index contributed by atoms with van der Waals surface area (Å²) in [6.07, 6.45) is 2.93. The number of nitrogens with one attached hydrogen (secondary N) is 1. The third-order valence-electron chi connectivity index (χ3n) is 4.93. The fourth-order valence-electron chi connectivity index (χ4n) is 3.39. The van der Waals surface area contributed by atoms with E-state index in [-0.39, 0.29) is 11.7 Å². The molecular weight excluding hydrogens is 394 g/mol. The highest BCUT2D eigenvalue weighted by atomic mass is 79.9. The molecule has 1 unspecified atom stereocenters. The molecule has 0 spiro atoms. The Labute approximate surface area is 160 Å².